The van der Waals surface area contributed by atoms with Crippen LogP contribution in [0.2, 0.25) is 0 Å². The first-order chi connectivity index (χ1) is 7.69. The molecule has 3 heteroatoms. The molecule has 0 saturated carbocycles. The number of nitrogens with one attached hydrogen (secondary N) is 1. The molecule has 0 aliphatic rings. The summed E-state index contributed by atoms with van der Waals surface area (Å²) in [6, 6.07) is 4.23. The average Bonchev–Trinajstić information content (AvgIpc) is 2.26. The van der Waals surface area contributed by atoms with Gasteiger partial charge in [0.05, 0.1) is 0 Å². The number of aryl methyl sites for hydroxylation is 2. The molecule has 0 saturated heterocycles. The van der Waals surface area contributed by atoms with Gasteiger partial charge in [-0.15, -0.1) is 11.8 Å². The van der Waals surface area contributed by atoms with Gasteiger partial charge in [-0.2, -0.15) is 0 Å². The van der Waals surface area contributed by atoms with Crippen molar-refractivity contribution in [3.05, 3.63) is 29.1 Å². The van der Waals surface area contributed by atoms with Crippen molar-refractivity contribution in [1.29, 1.82) is 0 Å². The Kier molecular flexibility index (Phi) is 4.97. The predicted octanol–water partition coefficient (Wildman–Crippen LogP) is 2.01. The molecule has 0 aliphatic carbocycles. The van der Waals surface area contributed by atoms with Gasteiger partial charge in [-0.1, -0.05) is 6.07 Å². The molecule has 0 aliphatic heterocycles. The first-order valence-corrected chi connectivity index (χ1v) is 5.49. The Hall–Kier alpha value is -1.37. The Balaban J connectivity index is 2.80. The molecule has 1 heterocycles. The first kappa shape index (κ1) is 12.7. The van der Waals surface area contributed by atoms with Crippen LogP contribution in [0.1, 0.15) is 42.8 Å². The minimum Gasteiger partial charge on any atom is -0.271 e. The van der Waals surface area contributed by atoms with Crippen LogP contribution in [0.5, 0.6) is 0 Å². The Labute approximate surface area is 97.4 Å². The van der Waals surface area contributed by atoms with E-state index in [1.165, 1.54) is 0 Å². The third-order valence-corrected chi connectivity index (χ3v) is 2.58. The van der Waals surface area contributed by atoms with Crippen molar-refractivity contribution < 1.29 is 0 Å². The molecule has 1 rings (SSSR count). The van der Waals surface area contributed by atoms with Gasteiger partial charge >= 0.3 is 0 Å². The summed E-state index contributed by atoms with van der Waals surface area (Å²) >= 11 is 0. The van der Waals surface area contributed by atoms with E-state index in [1.807, 2.05) is 26.8 Å². The lowest BCUT2D eigenvalue weighted by Crippen LogP contribution is -2.28. The maximum atomic E-state index is 5.57. The molecule has 3 N–H and O–H groups in total. The van der Waals surface area contributed by atoms with E-state index in [0.29, 0.717) is 0 Å². The van der Waals surface area contributed by atoms with Gasteiger partial charge in [0.25, 0.3) is 0 Å². The molecular formula is C13H19N3. The Morgan fingerprint density at radius 2 is 2.19 bits per heavy atom. The highest BCUT2D eigenvalue weighted by atomic mass is 15.2. The van der Waals surface area contributed by atoms with Gasteiger partial charge in [0.1, 0.15) is 0 Å². The normalized spacial score (nSPS) is 11.8. The molecule has 0 spiro atoms. The lowest BCUT2D eigenvalue weighted by molar-refractivity contribution is 0.519. The van der Waals surface area contributed by atoms with Gasteiger partial charge in [-0.25, -0.2) is 0 Å². The third-order valence-electron chi connectivity index (χ3n) is 2.58. The van der Waals surface area contributed by atoms with Crippen LogP contribution in [0.4, 0.5) is 0 Å². The molecule has 0 aromatic carbocycles. The summed E-state index contributed by atoms with van der Waals surface area (Å²) < 4.78 is 0. The molecule has 1 aromatic heterocycles. The second-order valence-electron chi connectivity index (χ2n) is 3.81. The zero-order valence-electron chi connectivity index (χ0n) is 10.2. The number of hydrogen-bond donors (Lipinski definition) is 2. The summed E-state index contributed by atoms with van der Waals surface area (Å²) in [4.78, 5) is 4.44. The van der Waals surface area contributed by atoms with E-state index in [-0.39, 0.29) is 6.04 Å². The Morgan fingerprint density at radius 1 is 1.44 bits per heavy atom. The van der Waals surface area contributed by atoms with E-state index in [0.717, 1.165) is 29.8 Å². The number of aromatic nitrogens is 1. The Bertz CT molecular complexity index is 401. The van der Waals surface area contributed by atoms with Crippen molar-refractivity contribution in [2.45, 2.75) is 39.7 Å². The maximum absolute atomic E-state index is 5.57. The molecule has 0 fully saturated rings. The van der Waals surface area contributed by atoms with Crippen molar-refractivity contribution in [2.75, 3.05) is 0 Å². The molecule has 0 bridgehead atoms. The van der Waals surface area contributed by atoms with Crippen molar-refractivity contribution in [2.24, 2.45) is 5.84 Å². The lowest BCUT2D eigenvalue weighted by atomic mass is 10.0. The standard InChI is InChI=1S/C13H19N3/c1-4-5-6-7-13(16-14)12-9-8-10(2)15-11(12)3/h8-9,13,16H,6-7,14H2,1-3H3. The number of rotatable bonds is 4. The fourth-order valence-corrected chi connectivity index (χ4v) is 1.74. The number of nitrogens with two attached hydrogens (primary N) is 1. The largest absolute Gasteiger partial charge is 0.271 e. The topological polar surface area (TPSA) is 50.9 Å². The van der Waals surface area contributed by atoms with Crippen LogP contribution in [0, 0.1) is 25.7 Å². The number of pyridine rings is 1. The summed E-state index contributed by atoms with van der Waals surface area (Å²) in [5, 5.41) is 0. The van der Waals surface area contributed by atoms with E-state index in [1.54, 1.807) is 0 Å². The highest BCUT2D eigenvalue weighted by Crippen LogP contribution is 2.20. The molecule has 3 nitrogen and oxygen atoms in total. The fourth-order valence-electron chi connectivity index (χ4n) is 1.74. The van der Waals surface area contributed by atoms with Gasteiger partial charge in [0, 0.05) is 23.9 Å². The van der Waals surface area contributed by atoms with E-state index >= 15 is 0 Å². The van der Waals surface area contributed by atoms with Crippen LogP contribution in [-0.4, -0.2) is 4.98 Å². The summed E-state index contributed by atoms with van der Waals surface area (Å²) in [5.74, 6) is 11.5. The quantitative estimate of drug-likeness (QED) is 0.461. The van der Waals surface area contributed by atoms with Crippen molar-refractivity contribution in [3.63, 3.8) is 0 Å². The van der Waals surface area contributed by atoms with Gasteiger partial charge in [-0.05, 0) is 38.8 Å². The predicted molar refractivity (Wildman–Crippen MR) is 66.5 cm³/mol. The summed E-state index contributed by atoms with van der Waals surface area (Å²) in [6.45, 7) is 5.85. The second-order valence-corrected chi connectivity index (χ2v) is 3.81. The van der Waals surface area contributed by atoms with Crippen LogP contribution in [-0.2, 0) is 0 Å². The number of nitrogens with zero attached hydrogens (tertiary/aromatic N) is 1. The fraction of sp³-hybridized carbons (Fsp3) is 0.462. The van der Waals surface area contributed by atoms with Crippen LogP contribution in [0.3, 0.4) is 0 Å². The van der Waals surface area contributed by atoms with E-state index in [2.05, 4.69) is 28.3 Å². The molecule has 0 radical (unpaired) electrons. The number of hydrogen-bond acceptors (Lipinski definition) is 3. The van der Waals surface area contributed by atoms with E-state index in [9.17, 15) is 0 Å². The smallest absolute Gasteiger partial charge is 0.0487 e. The SMILES string of the molecule is CC#CCCC(NN)c1ccc(C)nc1C. The van der Waals surface area contributed by atoms with Crippen molar-refractivity contribution in [1.82, 2.24) is 10.4 Å². The summed E-state index contributed by atoms with van der Waals surface area (Å²) in [6.07, 6.45) is 1.75. The van der Waals surface area contributed by atoms with Gasteiger partial charge in [-0.3, -0.25) is 16.3 Å². The second kappa shape index (κ2) is 6.26. The minimum absolute atomic E-state index is 0.133. The summed E-state index contributed by atoms with van der Waals surface area (Å²) in [7, 11) is 0. The molecule has 1 atom stereocenters. The average molecular weight is 217 g/mol. The van der Waals surface area contributed by atoms with Crippen LogP contribution in [0.15, 0.2) is 12.1 Å². The Morgan fingerprint density at radius 3 is 2.75 bits per heavy atom. The molecule has 1 unspecified atom stereocenters. The zero-order valence-corrected chi connectivity index (χ0v) is 10.2. The third kappa shape index (κ3) is 3.34. The van der Waals surface area contributed by atoms with Crippen molar-refractivity contribution >= 4 is 0 Å². The lowest BCUT2D eigenvalue weighted by Gasteiger charge is -2.17. The summed E-state index contributed by atoms with van der Waals surface area (Å²) in [5.41, 5.74) is 6.06. The van der Waals surface area contributed by atoms with Crippen LogP contribution >= 0.6 is 0 Å². The highest BCUT2D eigenvalue weighted by Gasteiger charge is 2.12. The van der Waals surface area contributed by atoms with Crippen LogP contribution in [0.25, 0.3) is 0 Å². The van der Waals surface area contributed by atoms with Gasteiger partial charge in [0.2, 0.25) is 0 Å². The molecular weight excluding hydrogens is 198 g/mol. The first-order valence-electron chi connectivity index (χ1n) is 5.49. The monoisotopic (exact) mass is 217 g/mol. The minimum atomic E-state index is 0.133. The molecule has 86 valence electrons. The van der Waals surface area contributed by atoms with E-state index < -0.39 is 0 Å². The molecule has 16 heavy (non-hydrogen) atoms. The molecule has 0 amide bonds. The van der Waals surface area contributed by atoms with Gasteiger partial charge in [0.15, 0.2) is 0 Å². The number of hydrazine groups is 1. The van der Waals surface area contributed by atoms with Crippen molar-refractivity contribution in [3.8, 4) is 11.8 Å². The maximum Gasteiger partial charge on any atom is 0.0487 e. The van der Waals surface area contributed by atoms with Crippen LogP contribution < -0.4 is 11.3 Å². The zero-order chi connectivity index (χ0) is 12.0. The highest BCUT2D eigenvalue weighted by molar-refractivity contribution is 5.25. The van der Waals surface area contributed by atoms with E-state index in [4.69, 9.17) is 5.84 Å². The molecule has 1 aromatic rings. The van der Waals surface area contributed by atoms with Gasteiger partial charge < -0.3 is 0 Å².